The van der Waals surface area contributed by atoms with E-state index in [0.29, 0.717) is 0 Å². The van der Waals surface area contributed by atoms with Gasteiger partial charge in [0.25, 0.3) is 0 Å². The van der Waals surface area contributed by atoms with Crippen molar-refractivity contribution in [3.63, 3.8) is 0 Å². The van der Waals surface area contributed by atoms with E-state index in [-0.39, 0.29) is 0 Å². The molecule has 2 aromatic carbocycles. The summed E-state index contributed by atoms with van der Waals surface area (Å²) in [4.78, 5) is 0. The number of hydrogen-bond donors (Lipinski definition) is 0. The Balaban J connectivity index is 2.57. The lowest BCUT2D eigenvalue weighted by atomic mass is 10.1. The summed E-state index contributed by atoms with van der Waals surface area (Å²) in [6.45, 7) is 5.45. The molecule has 0 amide bonds. The molecule has 0 aliphatic rings. The molecule has 0 unspecified atom stereocenters. The second-order valence-electron chi connectivity index (χ2n) is 4.00. The summed E-state index contributed by atoms with van der Waals surface area (Å²) in [5, 5.41) is 4.08. The standard InChI is InChI=1S/C14H14NS/c1-3-15-10(2)16-13-9-8-11-6-4-5-7-12(11)14(13)15/h4-9H,3H2,1-2H3/q+1. The van der Waals surface area contributed by atoms with Crippen molar-refractivity contribution in [1.29, 1.82) is 0 Å². The Bertz CT molecular complexity index is 667. The van der Waals surface area contributed by atoms with Crippen LogP contribution < -0.4 is 4.57 Å². The van der Waals surface area contributed by atoms with Crippen molar-refractivity contribution in [1.82, 2.24) is 0 Å². The van der Waals surface area contributed by atoms with Crippen molar-refractivity contribution in [2.45, 2.75) is 20.4 Å². The summed E-state index contributed by atoms with van der Waals surface area (Å²) in [6, 6.07) is 13.1. The maximum atomic E-state index is 2.41. The molecule has 1 aromatic heterocycles. The van der Waals surface area contributed by atoms with Crippen LogP contribution in [0.4, 0.5) is 0 Å². The molecule has 16 heavy (non-hydrogen) atoms. The van der Waals surface area contributed by atoms with Gasteiger partial charge in [-0.05, 0) is 24.4 Å². The fourth-order valence-corrected chi connectivity index (χ4v) is 3.45. The van der Waals surface area contributed by atoms with Gasteiger partial charge in [-0.25, -0.2) is 0 Å². The van der Waals surface area contributed by atoms with Crippen molar-refractivity contribution in [3.05, 3.63) is 41.4 Å². The minimum Gasteiger partial charge on any atom is -0.186 e. The Morgan fingerprint density at radius 1 is 1.12 bits per heavy atom. The molecule has 3 rings (SSSR count). The highest BCUT2D eigenvalue weighted by atomic mass is 32.1. The summed E-state index contributed by atoms with van der Waals surface area (Å²) in [5.74, 6) is 0. The minimum atomic E-state index is 1.04. The van der Waals surface area contributed by atoms with Crippen molar-refractivity contribution in [2.75, 3.05) is 0 Å². The molecule has 2 heteroatoms. The molecule has 0 saturated carbocycles. The first-order chi connectivity index (χ1) is 7.81. The molecule has 0 spiro atoms. The van der Waals surface area contributed by atoms with Crippen molar-refractivity contribution < 1.29 is 4.57 Å². The quantitative estimate of drug-likeness (QED) is 0.559. The topological polar surface area (TPSA) is 3.88 Å². The highest BCUT2D eigenvalue weighted by Gasteiger charge is 2.17. The van der Waals surface area contributed by atoms with Gasteiger partial charge in [-0.1, -0.05) is 35.6 Å². The van der Waals surface area contributed by atoms with Gasteiger partial charge < -0.3 is 0 Å². The van der Waals surface area contributed by atoms with E-state index >= 15 is 0 Å². The largest absolute Gasteiger partial charge is 0.235 e. The van der Waals surface area contributed by atoms with E-state index in [2.05, 4.69) is 54.8 Å². The summed E-state index contributed by atoms with van der Waals surface area (Å²) >= 11 is 1.88. The first-order valence-electron chi connectivity index (χ1n) is 5.62. The lowest BCUT2D eigenvalue weighted by molar-refractivity contribution is -0.668. The monoisotopic (exact) mass is 228 g/mol. The molecular weight excluding hydrogens is 214 g/mol. The Labute approximate surface area is 99.0 Å². The van der Waals surface area contributed by atoms with E-state index in [1.165, 1.54) is 26.0 Å². The molecule has 0 radical (unpaired) electrons. The molecule has 0 aliphatic carbocycles. The smallest absolute Gasteiger partial charge is 0.186 e. The van der Waals surface area contributed by atoms with Crippen LogP contribution in [0.3, 0.4) is 0 Å². The Hall–Kier alpha value is -1.41. The summed E-state index contributed by atoms with van der Waals surface area (Å²) in [6.07, 6.45) is 0. The zero-order valence-corrected chi connectivity index (χ0v) is 10.3. The summed E-state index contributed by atoms with van der Waals surface area (Å²) in [5.41, 5.74) is 1.39. The maximum Gasteiger partial charge on any atom is 0.235 e. The van der Waals surface area contributed by atoms with Crippen LogP contribution in [0.2, 0.25) is 0 Å². The number of aryl methyl sites for hydroxylation is 2. The zero-order chi connectivity index (χ0) is 11.1. The first-order valence-corrected chi connectivity index (χ1v) is 6.43. The fourth-order valence-electron chi connectivity index (χ4n) is 2.35. The maximum absolute atomic E-state index is 2.41. The molecule has 3 aromatic rings. The highest BCUT2D eigenvalue weighted by molar-refractivity contribution is 7.18. The molecule has 0 fully saturated rings. The average molecular weight is 228 g/mol. The van der Waals surface area contributed by atoms with Crippen LogP contribution in [0, 0.1) is 6.92 Å². The third kappa shape index (κ3) is 1.26. The Morgan fingerprint density at radius 3 is 2.75 bits per heavy atom. The van der Waals surface area contributed by atoms with Gasteiger partial charge in [0.15, 0.2) is 0 Å². The van der Waals surface area contributed by atoms with E-state index in [9.17, 15) is 0 Å². The highest BCUT2D eigenvalue weighted by Crippen LogP contribution is 2.27. The molecule has 0 bridgehead atoms. The van der Waals surface area contributed by atoms with Gasteiger partial charge in [0.05, 0.1) is 5.39 Å². The molecule has 80 valence electrons. The average Bonchev–Trinajstić information content (AvgIpc) is 2.65. The summed E-state index contributed by atoms with van der Waals surface area (Å²) < 4.78 is 3.79. The van der Waals surface area contributed by atoms with E-state index in [4.69, 9.17) is 0 Å². The van der Waals surface area contributed by atoms with Gasteiger partial charge in [0.1, 0.15) is 11.2 Å². The lowest BCUT2D eigenvalue weighted by Gasteiger charge is -1.97. The molecule has 1 heterocycles. The van der Waals surface area contributed by atoms with Crippen LogP contribution in [-0.4, -0.2) is 0 Å². The SMILES string of the molecule is CC[n+]1c(C)sc2ccc3ccccc3c21. The van der Waals surface area contributed by atoms with E-state index in [0.717, 1.165) is 6.54 Å². The zero-order valence-electron chi connectivity index (χ0n) is 9.53. The van der Waals surface area contributed by atoms with E-state index < -0.39 is 0 Å². The number of hydrogen-bond acceptors (Lipinski definition) is 1. The van der Waals surface area contributed by atoms with Gasteiger partial charge >= 0.3 is 0 Å². The predicted molar refractivity (Wildman–Crippen MR) is 69.9 cm³/mol. The third-order valence-electron chi connectivity index (χ3n) is 3.09. The fraction of sp³-hybridized carbons (Fsp3) is 0.214. The van der Waals surface area contributed by atoms with Crippen molar-refractivity contribution >= 4 is 32.3 Å². The van der Waals surface area contributed by atoms with Crippen LogP contribution >= 0.6 is 11.3 Å². The van der Waals surface area contributed by atoms with E-state index in [1.807, 2.05) is 11.3 Å². The Kier molecular flexibility index (Phi) is 2.18. The van der Waals surface area contributed by atoms with E-state index in [1.54, 1.807) is 0 Å². The minimum absolute atomic E-state index is 1.04. The van der Waals surface area contributed by atoms with Gasteiger partial charge in [0, 0.05) is 6.92 Å². The second kappa shape index (κ2) is 3.56. The van der Waals surface area contributed by atoms with Crippen LogP contribution in [0.5, 0.6) is 0 Å². The van der Waals surface area contributed by atoms with Crippen LogP contribution in [0.1, 0.15) is 11.9 Å². The van der Waals surface area contributed by atoms with Crippen molar-refractivity contribution in [3.8, 4) is 0 Å². The van der Waals surface area contributed by atoms with Gasteiger partial charge in [-0.2, -0.15) is 4.57 Å². The predicted octanol–water partition coefficient (Wildman–Crippen LogP) is 3.67. The molecule has 0 aliphatic heterocycles. The number of benzene rings is 2. The van der Waals surface area contributed by atoms with Crippen LogP contribution in [0.15, 0.2) is 36.4 Å². The van der Waals surface area contributed by atoms with Gasteiger partial charge in [-0.3, -0.25) is 0 Å². The van der Waals surface area contributed by atoms with Crippen LogP contribution in [-0.2, 0) is 6.54 Å². The second-order valence-corrected chi connectivity index (χ2v) is 5.23. The first kappa shape index (κ1) is 9.79. The third-order valence-corrected chi connectivity index (χ3v) is 4.15. The number of thiazole rings is 1. The van der Waals surface area contributed by atoms with Gasteiger partial charge in [-0.15, -0.1) is 0 Å². The summed E-state index contributed by atoms with van der Waals surface area (Å²) in [7, 11) is 0. The number of nitrogens with zero attached hydrogens (tertiary/aromatic N) is 1. The normalized spacial score (nSPS) is 11.4. The van der Waals surface area contributed by atoms with Crippen LogP contribution in [0.25, 0.3) is 21.0 Å². The molecule has 0 saturated heterocycles. The number of aromatic nitrogens is 1. The molecule has 1 nitrogen and oxygen atoms in total. The molecule has 0 N–H and O–H groups in total. The lowest BCUT2D eigenvalue weighted by Crippen LogP contribution is -2.33. The van der Waals surface area contributed by atoms with Crippen molar-refractivity contribution in [2.24, 2.45) is 0 Å². The van der Waals surface area contributed by atoms with Gasteiger partial charge in [0.2, 0.25) is 10.5 Å². The number of fused-ring (bicyclic) bond motifs is 3. The molecular formula is C14H14NS+. The number of rotatable bonds is 1. The molecule has 0 atom stereocenters. The Morgan fingerprint density at radius 2 is 1.94 bits per heavy atom.